The Morgan fingerprint density at radius 1 is 1.47 bits per heavy atom. The molecule has 0 unspecified atom stereocenters. The third-order valence-electron chi connectivity index (χ3n) is 2.96. The van der Waals surface area contributed by atoms with Gasteiger partial charge < -0.3 is 9.67 Å². The molecule has 0 atom stereocenters. The third-order valence-corrected chi connectivity index (χ3v) is 3.93. The Balaban J connectivity index is 2.55. The summed E-state index contributed by atoms with van der Waals surface area (Å²) in [5.41, 5.74) is 0.177. The molecule has 0 aliphatic carbocycles. The van der Waals surface area contributed by atoms with Crippen molar-refractivity contribution in [1.29, 1.82) is 0 Å². The van der Waals surface area contributed by atoms with Crippen molar-refractivity contribution >= 4 is 17.7 Å². The van der Waals surface area contributed by atoms with Crippen molar-refractivity contribution in [3.63, 3.8) is 0 Å². The van der Waals surface area contributed by atoms with Gasteiger partial charge in [-0.25, -0.2) is 0 Å². The molecule has 6 heteroatoms. The second-order valence-corrected chi connectivity index (χ2v) is 6.49. The fourth-order valence-electron chi connectivity index (χ4n) is 1.98. The number of aromatic nitrogens is 3. The highest BCUT2D eigenvalue weighted by Crippen LogP contribution is 2.27. The predicted molar refractivity (Wildman–Crippen MR) is 76.3 cm³/mol. The first kappa shape index (κ1) is 16.0. The van der Waals surface area contributed by atoms with Gasteiger partial charge in [0, 0.05) is 6.54 Å². The number of hydrogen-bond donors (Lipinski definition) is 1. The average molecular weight is 285 g/mol. The van der Waals surface area contributed by atoms with Crippen molar-refractivity contribution in [2.45, 2.75) is 58.2 Å². The molecule has 5 nitrogen and oxygen atoms in total. The molecule has 0 bridgehead atoms. The Labute approximate surface area is 118 Å². The molecule has 0 amide bonds. The summed E-state index contributed by atoms with van der Waals surface area (Å²) in [6, 6.07) is 0. The van der Waals surface area contributed by atoms with E-state index in [1.165, 1.54) is 31.0 Å². The smallest absolute Gasteiger partial charge is 0.313 e. The van der Waals surface area contributed by atoms with Gasteiger partial charge in [0.2, 0.25) is 0 Å². The molecule has 0 spiro atoms. The van der Waals surface area contributed by atoms with Crippen molar-refractivity contribution in [1.82, 2.24) is 14.8 Å². The zero-order valence-corrected chi connectivity index (χ0v) is 12.7. The normalized spacial score (nSPS) is 11.7. The van der Waals surface area contributed by atoms with Crippen LogP contribution in [0, 0.1) is 5.41 Å². The van der Waals surface area contributed by atoms with E-state index in [2.05, 4.69) is 31.0 Å². The van der Waals surface area contributed by atoms with Crippen LogP contribution >= 0.6 is 11.8 Å². The van der Waals surface area contributed by atoms with Crippen LogP contribution < -0.4 is 0 Å². The van der Waals surface area contributed by atoms with E-state index in [9.17, 15) is 4.79 Å². The number of thioether (sulfide) groups is 1. The van der Waals surface area contributed by atoms with Crippen LogP contribution in [-0.4, -0.2) is 31.6 Å². The fraction of sp³-hybridized carbons (Fsp3) is 0.769. The number of hydrogen-bond acceptors (Lipinski definition) is 4. The molecule has 0 saturated carbocycles. The molecule has 0 fully saturated rings. The fourth-order valence-corrected chi connectivity index (χ4v) is 2.62. The van der Waals surface area contributed by atoms with Gasteiger partial charge >= 0.3 is 5.97 Å². The molecule has 1 heterocycles. The van der Waals surface area contributed by atoms with E-state index in [0.29, 0.717) is 5.16 Å². The standard InChI is InChI=1S/C13H23N3O2S/c1-4-5-6-7-13(2,3)9-16-10-14-15-12(16)19-8-11(17)18/h10H,4-9H2,1-3H3,(H,17,18). The molecule has 0 aromatic carbocycles. The number of carboxylic acid groups (broad SMARTS) is 1. The van der Waals surface area contributed by atoms with Crippen LogP contribution in [0.1, 0.15) is 46.5 Å². The van der Waals surface area contributed by atoms with E-state index in [0.717, 1.165) is 13.0 Å². The Bertz CT molecular complexity index is 404. The largest absolute Gasteiger partial charge is 0.481 e. The van der Waals surface area contributed by atoms with Gasteiger partial charge in [-0.2, -0.15) is 0 Å². The minimum Gasteiger partial charge on any atom is -0.481 e. The molecule has 0 aliphatic heterocycles. The minimum atomic E-state index is -0.832. The number of nitrogens with zero attached hydrogens (tertiary/aromatic N) is 3. The van der Waals surface area contributed by atoms with Crippen molar-refractivity contribution in [2.75, 3.05) is 5.75 Å². The maximum absolute atomic E-state index is 10.6. The van der Waals surface area contributed by atoms with Crippen LogP contribution in [0.4, 0.5) is 0 Å². The summed E-state index contributed by atoms with van der Waals surface area (Å²) in [5, 5.41) is 17.2. The SMILES string of the molecule is CCCCCC(C)(C)Cn1cnnc1SCC(=O)O. The zero-order chi connectivity index (χ0) is 14.3. The quantitative estimate of drug-likeness (QED) is 0.558. The lowest BCUT2D eigenvalue weighted by Crippen LogP contribution is -2.20. The van der Waals surface area contributed by atoms with Crippen LogP contribution in [0.5, 0.6) is 0 Å². The Kier molecular flexibility index (Phi) is 6.34. The zero-order valence-electron chi connectivity index (χ0n) is 11.9. The second kappa shape index (κ2) is 7.53. The first-order chi connectivity index (χ1) is 8.94. The van der Waals surface area contributed by atoms with E-state index in [1.807, 2.05) is 4.57 Å². The summed E-state index contributed by atoms with van der Waals surface area (Å²) in [7, 11) is 0. The van der Waals surface area contributed by atoms with E-state index in [1.54, 1.807) is 6.33 Å². The highest BCUT2D eigenvalue weighted by Gasteiger charge is 2.20. The molecule has 108 valence electrons. The maximum atomic E-state index is 10.6. The van der Waals surface area contributed by atoms with Gasteiger partial charge in [0.25, 0.3) is 0 Å². The summed E-state index contributed by atoms with van der Waals surface area (Å²) >= 11 is 1.22. The highest BCUT2D eigenvalue weighted by molar-refractivity contribution is 7.99. The van der Waals surface area contributed by atoms with Crippen LogP contribution in [0.25, 0.3) is 0 Å². The lowest BCUT2D eigenvalue weighted by atomic mass is 9.87. The predicted octanol–water partition coefficient (Wildman–Crippen LogP) is 3.06. The van der Waals surface area contributed by atoms with E-state index in [4.69, 9.17) is 5.11 Å². The topological polar surface area (TPSA) is 68.0 Å². The first-order valence-electron chi connectivity index (χ1n) is 6.67. The number of unbranched alkanes of at least 4 members (excludes halogenated alkanes) is 2. The van der Waals surface area contributed by atoms with Gasteiger partial charge in [-0.3, -0.25) is 4.79 Å². The second-order valence-electron chi connectivity index (χ2n) is 5.55. The molecule has 0 aliphatic rings. The summed E-state index contributed by atoms with van der Waals surface area (Å²) in [6.07, 6.45) is 6.55. The van der Waals surface area contributed by atoms with Gasteiger partial charge in [0.1, 0.15) is 6.33 Å². The number of rotatable bonds is 9. The molecule has 1 N–H and O–H groups in total. The van der Waals surface area contributed by atoms with Crippen molar-refractivity contribution in [3.05, 3.63) is 6.33 Å². The van der Waals surface area contributed by atoms with Gasteiger partial charge in [-0.05, 0) is 11.8 Å². The third kappa shape index (κ3) is 6.09. The van der Waals surface area contributed by atoms with E-state index < -0.39 is 5.97 Å². The molecule has 0 radical (unpaired) electrons. The molecular formula is C13H23N3O2S. The lowest BCUT2D eigenvalue weighted by molar-refractivity contribution is -0.133. The van der Waals surface area contributed by atoms with Crippen LogP contribution in [-0.2, 0) is 11.3 Å². The first-order valence-corrected chi connectivity index (χ1v) is 7.65. The molecular weight excluding hydrogens is 262 g/mol. The van der Waals surface area contributed by atoms with E-state index >= 15 is 0 Å². The summed E-state index contributed by atoms with van der Waals surface area (Å²) < 4.78 is 1.96. The molecule has 0 saturated heterocycles. The monoisotopic (exact) mass is 285 g/mol. The summed E-state index contributed by atoms with van der Waals surface area (Å²) in [6.45, 7) is 7.49. The Morgan fingerprint density at radius 2 is 2.21 bits per heavy atom. The van der Waals surface area contributed by atoms with Gasteiger partial charge in [0.15, 0.2) is 5.16 Å². The molecule has 1 aromatic heterocycles. The number of aliphatic carboxylic acids is 1. The maximum Gasteiger partial charge on any atom is 0.313 e. The van der Waals surface area contributed by atoms with Crippen molar-refractivity contribution in [2.24, 2.45) is 5.41 Å². The van der Waals surface area contributed by atoms with Crippen LogP contribution in [0.2, 0.25) is 0 Å². The van der Waals surface area contributed by atoms with Crippen LogP contribution in [0.3, 0.4) is 0 Å². The van der Waals surface area contributed by atoms with Gasteiger partial charge in [-0.1, -0.05) is 51.8 Å². The molecule has 1 rings (SSSR count). The van der Waals surface area contributed by atoms with Gasteiger partial charge in [-0.15, -0.1) is 10.2 Å². The molecule has 1 aromatic rings. The highest BCUT2D eigenvalue weighted by atomic mass is 32.2. The van der Waals surface area contributed by atoms with E-state index in [-0.39, 0.29) is 11.2 Å². The number of carboxylic acids is 1. The number of carbonyl (C=O) groups is 1. The Morgan fingerprint density at radius 3 is 2.84 bits per heavy atom. The van der Waals surface area contributed by atoms with Crippen LogP contribution in [0.15, 0.2) is 11.5 Å². The summed E-state index contributed by atoms with van der Waals surface area (Å²) in [5.74, 6) is -0.809. The molecule has 19 heavy (non-hydrogen) atoms. The van der Waals surface area contributed by atoms with Gasteiger partial charge in [0.05, 0.1) is 5.75 Å². The average Bonchev–Trinajstić information content (AvgIpc) is 2.73. The lowest BCUT2D eigenvalue weighted by Gasteiger charge is -2.25. The minimum absolute atomic E-state index is 0.0228. The summed E-state index contributed by atoms with van der Waals surface area (Å²) in [4.78, 5) is 10.6. The van der Waals surface area contributed by atoms with Crippen molar-refractivity contribution in [3.8, 4) is 0 Å². The Hall–Kier alpha value is -1.04. The van der Waals surface area contributed by atoms with Crippen molar-refractivity contribution < 1.29 is 9.90 Å².